The van der Waals surface area contributed by atoms with Gasteiger partial charge >= 0.3 is 0 Å². The molecule has 1 aliphatic heterocycles. The van der Waals surface area contributed by atoms with Gasteiger partial charge in [0.15, 0.2) is 15.0 Å². The molecular weight excluding hydrogens is 544 g/mol. The number of hydrogen-bond donors (Lipinski definition) is 0. The lowest BCUT2D eigenvalue weighted by Gasteiger charge is -2.22. The summed E-state index contributed by atoms with van der Waals surface area (Å²) < 4.78 is 52.2. The minimum absolute atomic E-state index is 0. The number of carbonyl (C=O) groups excluding carboxylic acids is 1. The van der Waals surface area contributed by atoms with Crippen LogP contribution >= 0.6 is 23.7 Å². The smallest absolute Gasteiger partial charge is 0.260 e. The third kappa shape index (κ3) is 5.90. The van der Waals surface area contributed by atoms with Gasteiger partial charge in [-0.3, -0.25) is 9.69 Å². The Labute approximate surface area is 222 Å². The first-order valence-electron chi connectivity index (χ1n) is 11.1. The first-order chi connectivity index (χ1) is 16.5. The minimum atomic E-state index is -3.58. The molecule has 3 aromatic rings. The highest BCUT2D eigenvalue weighted by molar-refractivity contribution is 7.91. The van der Waals surface area contributed by atoms with Crippen LogP contribution in [-0.2, 0) is 19.9 Å². The standard InChI is InChI=1S/C23H28N4O5S3.ClH/c1-25(2)15-16-27(23-24-21-19(33-23)7-6-8-20(21)34(3,29)30)22(28)17-9-11-18(12-10-17)35(31,32)26-13-4-5-14-26;/h6-12H,4-5,13-16H2,1-3H3;1H. The lowest BCUT2D eigenvalue weighted by atomic mass is 10.2. The van der Waals surface area contributed by atoms with Crippen LogP contribution in [0.15, 0.2) is 52.3 Å². The number of fused-ring (bicyclic) bond motifs is 1. The number of carbonyl (C=O) groups is 1. The Balaban J connectivity index is 0.00000361. The van der Waals surface area contributed by atoms with Crippen molar-refractivity contribution in [1.82, 2.24) is 14.2 Å². The van der Waals surface area contributed by atoms with Gasteiger partial charge in [-0.1, -0.05) is 17.4 Å². The number of nitrogens with zero attached hydrogens (tertiary/aromatic N) is 4. The van der Waals surface area contributed by atoms with Crippen molar-refractivity contribution in [2.75, 3.05) is 51.4 Å². The number of rotatable bonds is 8. The zero-order valence-electron chi connectivity index (χ0n) is 20.2. The number of amides is 1. The fourth-order valence-corrected chi connectivity index (χ4v) is 7.34. The summed E-state index contributed by atoms with van der Waals surface area (Å²) in [5, 5.41) is 0.386. The summed E-state index contributed by atoms with van der Waals surface area (Å²) >= 11 is 1.24. The summed E-state index contributed by atoms with van der Waals surface area (Å²) in [6.07, 6.45) is 2.83. The third-order valence-electron chi connectivity index (χ3n) is 5.82. The predicted molar refractivity (Wildman–Crippen MR) is 145 cm³/mol. The van der Waals surface area contributed by atoms with E-state index in [9.17, 15) is 21.6 Å². The molecule has 0 atom stereocenters. The molecule has 9 nitrogen and oxygen atoms in total. The van der Waals surface area contributed by atoms with E-state index in [-0.39, 0.29) is 28.1 Å². The second kappa shape index (κ2) is 11.1. The molecule has 2 heterocycles. The van der Waals surface area contributed by atoms with Gasteiger partial charge in [-0.2, -0.15) is 4.31 Å². The molecule has 0 radical (unpaired) electrons. The Morgan fingerprint density at radius 1 is 1.00 bits per heavy atom. The van der Waals surface area contributed by atoms with Crippen molar-refractivity contribution in [3.63, 3.8) is 0 Å². The Morgan fingerprint density at radius 3 is 2.22 bits per heavy atom. The molecule has 0 N–H and O–H groups in total. The molecule has 1 fully saturated rings. The number of para-hydroxylation sites is 1. The van der Waals surface area contributed by atoms with Gasteiger partial charge in [0.2, 0.25) is 10.0 Å². The maximum Gasteiger partial charge on any atom is 0.260 e. The molecule has 1 aromatic heterocycles. The number of benzene rings is 2. The highest BCUT2D eigenvalue weighted by atomic mass is 35.5. The molecule has 1 saturated heterocycles. The number of sulfonamides is 1. The van der Waals surface area contributed by atoms with Crippen molar-refractivity contribution in [3.8, 4) is 0 Å². The molecule has 0 spiro atoms. The van der Waals surface area contributed by atoms with Crippen LogP contribution in [0, 0.1) is 0 Å². The third-order valence-corrected chi connectivity index (χ3v) is 9.91. The minimum Gasteiger partial charge on any atom is -0.308 e. The SMILES string of the molecule is CN(C)CCN(C(=O)c1ccc(S(=O)(=O)N2CCCC2)cc1)c1nc2c(S(C)(=O)=O)cccc2s1.Cl. The molecule has 2 aromatic carbocycles. The zero-order chi connectivity index (χ0) is 25.4. The molecule has 13 heteroatoms. The van der Waals surface area contributed by atoms with Gasteiger partial charge in [0, 0.05) is 38.0 Å². The van der Waals surface area contributed by atoms with Crippen molar-refractivity contribution in [2.24, 2.45) is 0 Å². The first kappa shape index (κ1) is 28.5. The van der Waals surface area contributed by atoms with Crippen molar-refractivity contribution < 1.29 is 21.6 Å². The Kier molecular flexibility index (Phi) is 8.79. The molecular formula is C23H29ClN4O5S3. The first-order valence-corrected chi connectivity index (χ1v) is 15.3. The summed E-state index contributed by atoms with van der Waals surface area (Å²) in [5.74, 6) is -0.336. The van der Waals surface area contributed by atoms with Crippen LogP contribution in [0.25, 0.3) is 10.2 Å². The van der Waals surface area contributed by atoms with E-state index in [0.29, 0.717) is 47.1 Å². The van der Waals surface area contributed by atoms with E-state index in [4.69, 9.17) is 0 Å². The van der Waals surface area contributed by atoms with Gasteiger partial charge in [-0.25, -0.2) is 21.8 Å². The van der Waals surface area contributed by atoms with Crippen LogP contribution < -0.4 is 4.90 Å². The summed E-state index contributed by atoms with van der Waals surface area (Å²) in [6.45, 7) is 1.90. The largest absolute Gasteiger partial charge is 0.308 e. The molecule has 0 bridgehead atoms. The van der Waals surface area contributed by atoms with Crippen LogP contribution in [0.1, 0.15) is 23.2 Å². The van der Waals surface area contributed by atoms with E-state index in [1.165, 1.54) is 50.9 Å². The monoisotopic (exact) mass is 572 g/mol. The van der Waals surface area contributed by atoms with Crippen molar-refractivity contribution in [3.05, 3.63) is 48.0 Å². The Morgan fingerprint density at radius 2 is 1.64 bits per heavy atom. The molecule has 0 aliphatic carbocycles. The van der Waals surface area contributed by atoms with E-state index in [0.717, 1.165) is 19.1 Å². The van der Waals surface area contributed by atoms with Gasteiger partial charge in [-0.05, 0) is 63.3 Å². The number of sulfone groups is 1. The number of aromatic nitrogens is 1. The second-order valence-corrected chi connectivity index (χ2v) is 13.7. The average molecular weight is 573 g/mol. The quantitative estimate of drug-likeness (QED) is 0.408. The van der Waals surface area contributed by atoms with Gasteiger partial charge in [0.25, 0.3) is 5.91 Å². The van der Waals surface area contributed by atoms with E-state index >= 15 is 0 Å². The lowest BCUT2D eigenvalue weighted by Crippen LogP contribution is -2.36. The Hall–Kier alpha value is -2.09. The molecule has 0 saturated carbocycles. The van der Waals surface area contributed by atoms with E-state index < -0.39 is 19.9 Å². The molecule has 0 unspecified atom stereocenters. The normalized spacial score (nSPS) is 14.8. The van der Waals surface area contributed by atoms with E-state index in [1.54, 1.807) is 12.1 Å². The number of thiazole rings is 1. The van der Waals surface area contributed by atoms with Crippen molar-refractivity contribution in [2.45, 2.75) is 22.6 Å². The van der Waals surface area contributed by atoms with E-state index in [2.05, 4.69) is 4.98 Å². The fourth-order valence-electron chi connectivity index (χ4n) is 3.91. The number of halogens is 1. The molecule has 36 heavy (non-hydrogen) atoms. The second-order valence-electron chi connectivity index (χ2n) is 8.77. The van der Waals surface area contributed by atoms with Crippen LogP contribution in [0.5, 0.6) is 0 Å². The fraction of sp³-hybridized carbons (Fsp3) is 0.391. The van der Waals surface area contributed by atoms with Gasteiger partial charge in [-0.15, -0.1) is 12.4 Å². The van der Waals surface area contributed by atoms with Crippen LogP contribution in [-0.4, -0.2) is 83.5 Å². The summed E-state index contributed by atoms with van der Waals surface area (Å²) in [7, 11) is -3.29. The highest BCUT2D eigenvalue weighted by Crippen LogP contribution is 2.33. The molecule has 4 rings (SSSR count). The summed E-state index contributed by atoms with van der Waals surface area (Å²) in [5.41, 5.74) is 0.663. The van der Waals surface area contributed by atoms with Crippen LogP contribution in [0.2, 0.25) is 0 Å². The highest BCUT2D eigenvalue weighted by Gasteiger charge is 2.28. The van der Waals surface area contributed by atoms with Gasteiger partial charge in [0.05, 0.1) is 14.5 Å². The average Bonchev–Trinajstić information content (AvgIpc) is 3.48. The maximum atomic E-state index is 13.5. The number of anilines is 1. The van der Waals surface area contributed by atoms with Crippen molar-refractivity contribution in [1.29, 1.82) is 0 Å². The molecule has 196 valence electrons. The lowest BCUT2D eigenvalue weighted by molar-refractivity contribution is 0.0985. The number of hydrogen-bond acceptors (Lipinski definition) is 8. The topological polar surface area (TPSA) is 108 Å². The summed E-state index contributed by atoms with van der Waals surface area (Å²) in [6, 6.07) is 10.9. The summed E-state index contributed by atoms with van der Waals surface area (Å²) in [4.78, 5) is 21.8. The van der Waals surface area contributed by atoms with Crippen LogP contribution in [0.3, 0.4) is 0 Å². The van der Waals surface area contributed by atoms with Gasteiger partial charge in [0.1, 0.15) is 5.52 Å². The van der Waals surface area contributed by atoms with Gasteiger partial charge < -0.3 is 4.90 Å². The maximum absolute atomic E-state index is 13.5. The zero-order valence-corrected chi connectivity index (χ0v) is 23.5. The predicted octanol–water partition coefficient (Wildman–Crippen LogP) is 3.11. The number of likely N-dealkylation sites (N-methyl/N-ethyl adjacent to an activating group) is 1. The molecule has 1 amide bonds. The van der Waals surface area contributed by atoms with Crippen LogP contribution in [0.4, 0.5) is 5.13 Å². The molecule has 1 aliphatic rings. The van der Waals surface area contributed by atoms with Crippen molar-refractivity contribution >= 4 is 64.9 Å². The van der Waals surface area contributed by atoms with E-state index in [1.807, 2.05) is 19.0 Å². The Bertz CT molecular complexity index is 1450.